The maximum atomic E-state index is 10.9. The molecule has 0 unspecified atom stereocenters. The summed E-state index contributed by atoms with van der Waals surface area (Å²) in [5.74, 6) is 0. The molecule has 0 aliphatic carbocycles. The number of rotatable bonds is 2. The van der Waals surface area contributed by atoms with Crippen LogP contribution in [0.2, 0.25) is 18.1 Å². The van der Waals surface area contributed by atoms with Crippen molar-refractivity contribution in [1.29, 1.82) is 0 Å². The summed E-state index contributed by atoms with van der Waals surface area (Å²) >= 11 is 11.4. The summed E-state index contributed by atoms with van der Waals surface area (Å²) in [5.41, 5.74) is 0.409. The van der Waals surface area contributed by atoms with E-state index in [1.807, 2.05) is 12.1 Å². The molecule has 1 rings (SSSR count). The molecule has 0 aliphatic heterocycles. The van der Waals surface area contributed by atoms with Crippen LogP contribution in [0.4, 0.5) is 0 Å². The van der Waals surface area contributed by atoms with E-state index in [4.69, 9.17) is 23.2 Å². The second-order valence-electron chi connectivity index (χ2n) is 2.94. The average molecular weight is 232 g/mol. The molecule has 0 saturated carbocycles. The maximum Gasteiger partial charge on any atom is 0.253 e. The molecule has 69 valence electrons. The van der Waals surface area contributed by atoms with Crippen LogP contribution >= 0.6 is 23.2 Å². The first kappa shape index (κ1) is 10.8. The predicted molar refractivity (Wildman–Crippen MR) is 58.8 cm³/mol. The summed E-state index contributed by atoms with van der Waals surface area (Å²) in [5, 5.41) is 1.08. The number of halogens is 2. The minimum atomic E-state index is -0.640. The Morgan fingerprint density at radius 3 is 2.46 bits per heavy atom. The highest BCUT2D eigenvalue weighted by Crippen LogP contribution is 2.16. The van der Waals surface area contributed by atoms with Gasteiger partial charge in [-0.05, 0) is 22.9 Å². The van der Waals surface area contributed by atoms with Crippen LogP contribution in [-0.2, 0) is 0 Å². The SMILES string of the molecule is C[Si](C)c1cccc(C(=O)Cl)c1Cl. The van der Waals surface area contributed by atoms with E-state index in [-0.39, 0.29) is 0 Å². The maximum absolute atomic E-state index is 10.9. The fourth-order valence-corrected chi connectivity index (χ4v) is 3.06. The van der Waals surface area contributed by atoms with Crippen molar-refractivity contribution in [3.8, 4) is 0 Å². The number of benzene rings is 1. The summed E-state index contributed by atoms with van der Waals surface area (Å²) in [6.07, 6.45) is 0. The minimum absolute atomic E-state index is 0.409. The zero-order chi connectivity index (χ0) is 10.0. The van der Waals surface area contributed by atoms with Crippen LogP contribution in [0.15, 0.2) is 18.2 Å². The smallest absolute Gasteiger partial charge is 0.253 e. The molecule has 13 heavy (non-hydrogen) atoms. The summed E-state index contributed by atoms with van der Waals surface area (Å²) in [6, 6.07) is 5.40. The number of hydrogen-bond donors (Lipinski definition) is 0. The molecule has 0 aromatic heterocycles. The molecule has 0 spiro atoms. The molecule has 0 N–H and O–H groups in total. The van der Waals surface area contributed by atoms with E-state index in [2.05, 4.69) is 13.1 Å². The summed E-state index contributed by atoms with van der Waals surface area (Å²) in [6.45, 7) is 4.24. The van der Waals surface area contributed by atoms with Crippen molar-refractivity contribution in [3.63, 3.8) is 0 Å². The van der Waals surface area contributed by atoms with Crippen molar-refractivity contribution in [1.82, 2.24) is 0 Å². The van der Waals surface area contributed by atoms with Gasteiger partial charge < -0.3 is 0 Å². The number of carbonyl (C=O) groups excluding carboxylic acids is 1. The molecular formula is C9H9Cl2OSi. The lowest BCUT2D eigenvalue weighted by molar-refractivity contribution is 0.108. The van der Waals surface area contributed by atoms with E-state index < -0.39 is 14.0 Å². The van der Waals surface area contributed by atoms with E-state index in [0.29, 0.717) is 10.6 Å². The molecule has 0 atom stereocenters. The van der Waals surface area contributed by atoms with E-state index >= 15 is 0 Å². The topological polar surface area (TPSA) is 17.1 Å². The summed E-state index contributed by atoms with van der Waals surface area (Å²) in [4.78, 5) is 10.9. The third-order valence-electron chi connectivity index (χ3n) is 1.75. The van der Waals surface area contributed by atoms with E-state index in [9.17, 15) is 4.79 Å². The molecular weight excluding hydrogens is 223 g/mol. The Balaban J connectivity index is 3.26. The van der Waals surface area contributed by atoms with Gasteiger partial charge in [-0.25, -0.2) is 0 Å². The molecule has 0 amide bonds. The van der Waals surface area contributed by atoms with Crippen LogP contribution in [-0.4, -0.2) is 14.0 Å². The van der Waals surface area contributed by atoms with Gasteiger partial charge >= 0.3 is 0 Å². The monoisotopic (exact) mass is 231 g/mol. The van der Waals surface area contributed by atoms with Gasteiger partial charge in [-0.1, -0.05) is 36.8 Å². The molecule has 0 aliphatic rings. The Morgan fingerprint density at radius 1 is 1.38 bits per heavy atom. The van der Waals surface area contributed by atoms with Gasteiger partial charge in [0.1, 0.15) is 0 Å². The van der Waals surface area contributed by atoms with Crippen LogP contribution < -0.4 is 5.19 Å². The van der Waals surface area contributed by atoms with Gasteiger partial charge in [0.25, 0.3) is 5.24 Å². The molecule has 4 heteroatoms. The van der Waals surface area contributed by atoms with E-state index in [1.54, 1.807) is 6.07 Å². The van der Waals surface area contributed by atoms with Gasteiger partial charge in [-0.3, -0.25) is 4.79 Å². The Kier molecular flexibility index (Phi) is 3.53. The van der Waals surface area contributed by atoms with Crippen molar-refractivity contribution in [2.24, 2.45) is 0 Å². The zero-order valence-corrected chi connectivity index (χ0v) is 9.91. The lowest BCUT2D eigenvalue weighted by atomic mass is 10.2. The van der Waals surface area contributed by atoms with E-state index in [0.717, 1.165) is 5.19 Å². The van der Waals surface area contributed by atoms with Crippen LogP contribution in [0.5, 0.6) is 0 Å². The predicted octanol–water partition coefficient (Wildman–Crippen LogP) is 2.68. The number of carbonyl (C=O) groups is 1. The van der Waals surface area contributed by atoms with Crippen LogP contribution in [0.25, 0.3) is 0 Å². The molecule has 1 aromatic carbocycles. The number of hydrogen-bond acceptors (Lipinski definition) is 1. The van der Waals surface area contributed by atoms with Crippen LogP contribution in [0.1, 0.15) is 10.4 Å². The van der Waals surface area contributed by atoms with Gasteiger partial charge in [0.15, 0.2) is 0 Å². The summed E-state index contributed by atoms with van der Waals surface area (Å²) < 4.78 is 0. The standard InChI is InChI=1S/C9H9Cl2OSi/c1-13(2)7-5-3-4-6(8(7)10)9(11)12/h3-5H,1-2H3. The molecule has 1 nitrogen and oxygen atoms in total. The van der Waals surface area contributed by atoms with Gasteiger partial charge in [0, 0.05) is 0 Å². The Morgan fingerprint density at radius 2 is 2.00 bits per heavy atom. The molecule has 0 fully saturated rings. The lowest BCUT2D eigenvalue weighted by Gasteiger charge is -2.08. The fraction of sp³-hybridized carbons (Fsp3) is 0.222. The summed E-state index contributed by atoms with van der Waals surface area (Å²) in [7, 11) is -0.640. The van der Waals surface area contributed by atoms with Gasteiger partial charge in [-0.15, -0.1) is 0 Å². The van der Waals surface area contributed by atoms with Gasteiger partial charge in [0.05, 0.1) is 19.4 Å². The zero-order valence-electron chi connectivity index (χ0n) is 7.40. The first-order valence-corrected chi connectivity index (χ1v) is 7.08. The molecule has 1 radical (unpaired) electrons. The van der Waals surface area contributed by atoms with Crippen molar-refractivity contribution >= 4 is 42.4 Å². The van der Waals surface area contributed by atoms with Gasteiger partial charge in [-0.2, -0.15) is 0 Å². The van der Waals surface area contributed by atoms with Crippen molar-refractivity contribution < 1.29 is 4.79 Å². The molecule has 0 heterocycles. The second-order valence-corrected chi connectivity index (χ2v) is 6.20. The van der Waals surface area contributed by atoms with Crippen molar-refractivity contribution in [2.75, 3.05) is 0 Å². The minimum Gasteiger partial charge on any atom is -0.276 e. The van der Waals surface area contributed by atoms with Gasteiger partial charge in [0.2, 0.25) is 0 Å². The molecule has 0 saturated heterocycles. The second kappa shape index (κ2) is 4.27. The highest BCUT2D eigenvalue weighted by atomic mass is 35.5. The first-order valence-electron chi connectivity index (χ1n) is 3.83. The van der Waals surface area contributed by atoms with E-state index in [1.165, 1.54) is 0 Å². The average Bonchev–Trinajstić information content (AvgIpc) is 2.03. The lowest BCUT2D eigenvalue weighted by Crippen LogP contribution is -2.24. The largest absolute Gasteiger partial charge is 0.276 e. The first-order chi connectivity index (χ1) is 6.04. The normalized spacial score (nSPS) is 10.5. The Hall–Kier alpha value is -0.313. The third kappa shape index (κ3) is 2.33. The Labute approximate surface area is 89.3 Å². The van der Waals surface area contributed by atoms with Crippen molar-refractivity contribution in [2.45, 2.75) is 13.1 Å². The van der Waals surface area contributed by atoms with Crippen LogP contribution in [0, 0.1) is 0 Å². The third-order valence-corrected chi connectivity index (χ3v) is 4.01. The highest BCUT2D eigenvalue weighted by Gasteiger charge is 2.13. The molecule has 1 aromatic rings. The molecule has 0 bridgehead atoms. The van der Waals surface area contributed by atoms with Crippen LogP contribution in [0.3, 0.4) is 0 Å². The highest BCUT2D eigenvalue weighted by molar-refractivity contribution is 6.75. The quantitative estimate of drug-likeness (QED) is 0.566. The fourth-order valence-electron chi connectivity index (χ4n) is 1.07. The Bertz CT molecular complexity index is 336. The van der Waals surface area contributed by atoms with Crippen molar-refractivity contribution in [3.05, 3.63) is 28.8 Å².